The highest BCUT2D eigenvalue weighted by Gasteiger charge is 2.03. The van der Waals surface area contributed by atoms with Gasteiger partial charge >= 0.3 is 0 Å². The summed E-state index contributed by atoms with van der Waals surface area (Å²) in [4.78, 5) is 0. The second-order valence-electron chi connectivity index (χ2n) is 3.66. The fraction of sp³-hybridized carbons (Fsp3) is 0.0769. The molecular formula is C13H12ClN3OS. The van der Waals surface area contributed by atoms with Crippen LogP contribution < -0.4 is 10.7 Å². The first-order valence-corrected chi connectivity index (χ1v) is 6.34. The van der Waals surface area contributed by atoms with Gasteiger partial charge in [-0.2, -0.15) is 5.10 Å². The zero-order valence-corrected chi connectivity index (χ0v) is 11.8. The summed E-state index contributed by atoms with van der Waals surface area (Å²) in [5, 5.41) is 7.83. The van der Waals surface area contributed by atoms with Gasteiger partial charge in [-0.1, -0.05) is 11.6 Å². The van der Waals surface area contributed by atoms with Crippen LogP contribution in [0, 0.1) is 0 Å². The molecule has 2 rings (SSSR count). The van der Waals surface area contributed by atoms with Gasteiger partial charge in [0, 0.05) is 17.6 Å². The van der Waals surface area contributed by atoms with Crippen molar-refractivity contribution >= 4 is 35.1 Å². The molecule has 1 heterocycles. The molecule has 2 aromatic rings. The largest absolute Gasteiger partial charge is 0.455 e. The van der Waals surface area contributed by atoms with Gasteiger partial charge in [-0.25, -0.2) is 0 Å². The van der Waals surface area contributed by atoms with Gasteiger partial charge in [0.2, 0.25) is 0 Å². The van der Waals surface area contributed by atoms with Crippen LogP contribution in [-0.2, 0) is 0 Å². The molecule has 0 radical (unpaired) electrons. The molecule has 0 spiro atoms. The fourth-order valence-corrected chi connectivity index (χ4v) is 1.58. The Hall–Kier alpha value is -1.85. The Morgan fingerprint density at radius 3 is 2.68 bits per heavy atom. The molecule has 98 valence electrons. The number of hydrogen-bond donors (Lipinski definition) is 2. The Labute approximate surface area is 121 Å². The zero-order chi connectivity index (χ0) is 13.7. The van der Waals surface area contributed by atoms with Gasteiger partial charge in [-0.05, 0) is 48.6 Å². The highest BCUT2D eigenvalue weighted by Crippen LogP contribution is 2.23. The molecule has 0 fully saturated rings. The van der Waals surface area contributed by atoms with Crippen molar-refractivity contribution in [2.75, 3.05) is 7.05 Å². The Morgan fingerprint density at radius 2 is 2.00 bits per heavy atom. The predicted molar refractivity (Wildman–Crippen MR) is 81.5 cm³/mol. The van der Waals surface area contributed by atoms with E-state index in [2.05, 4.69) is 15.8 Å². The third kappa shape index (κ3) is 3.81. The molecule has 0 atom stereocenters. The molecule has 6 heteroatoms. The van der Waals surface area contributed by atoms with E-state index in [1.807, 2.05) is 36.4 Å². The lowest BCUT2D eigenvalue weighted by Crippen LogP contribution is -2.28. The van der Waals surface area contributed by atoms with Gasteiger partial charge in [0.15, 0.2) is 5.11 Å². The highest BCUT2D eigenvalue weighted by molar-refractivity contribution is 7.80. The quantitative estimate of drug-likeness (QED) is 0.519. The zero-order valence-electron chi connectivity index (χ0n) is 10.2. The minimum atomic E-state index is 0.445. The Bertz CT molecular complexity index is 592. The maximum atomic E-state index is 5.84. The summed E-state index contributed by atoms with van der Waals surface area (Å²) >= 11 is 10.7. The maximum absolute atomic E-state index is 5.84. The number of nitrogens with zero attached hydrogens (tertiary/aromatic N) is 1. The summed E-state index contributed by atoms with van der Waals surface area (Å²) in [6, 6.07) is 11.1. The van der Waals surface area contributed by atoms with Gasteiger partial charge in [-0.3, -0.25) is 5.43 Å². The number of thiocarbonyl (C=S) groups is 1. The molecule has 1 aromatic carbocycles. The van der Waals surface area contributed by atoms with Crippen LogP contribution in [0.15, 0.2) is 45.9 Å². The molecule has 19 heavy (non-hydrogen) atoms. The fourth-order valence-electron chi connectivity index (χ4n) is 1.40. The van der Waals surface area contributed by atoms with E-state index >= 15 is 0 Å². The van der Waals surface area contributed by atoms with Gasteiger partial charge in [0.05, 0.1) is 6.21 Å². The van der Waals surface area contributed by atoms with Gasteiger partial charge in [-0.15, -0.1) is 0 Å². The van der Waals surface area contributed by atoms with Crippen LogP contribution >= 0.6 is 23.8 Å². The average Bonchev–Trinajstić information content (AvgIpc) is 2.88. The maximum Gasteiger partial charge on any atom is 0.186 e. The number of hydrazone groups is 1. The van der Waals surface area contributed by atoms with Gasteiger partial charge < -0.3 is 9.73 Å². The molecule has 1 aromatic heterocycles. The monoisotopic (exact) mass is 293 g/mol. The summed E-state index contributed by atoms with van der Waals surface area (Å²) in [7, 11) is 1.72. The standard InChI is InChI=1S/C13H12ClN3OS/c1-15-13(19)17-16-8-11-6-7-12(18-11)9-2-4-10(14)5-3-9/h2-8H,1H3,(H2,15,17,19). The molecule has 0 aliphatic rings. The second kappa shape index (κ2) is 6.36. The van der Waals surface area contributed by atoms with Crippen molar-refractivity contribution in [3.05, 3.63) is 47.2 Å². The second-order valence-corrected chi connectivity index (χ2v) is 4.50. The number of hydrogen-bond acceptors (Lipinski definition) is 3. The molecule has 0 unspecified atom stereocenters. The van der Waals surface area contributed by atoms with Crippen LogP contribution in [0.1, 0.15) is 5.76 Å². The first-order valence-electron chi connectivity index (χ1n) is 5.55. The number of rotatable bonds is 3. The third-order valence-corrected chi connectivity index (χ3v) is 2.89. The van der Waals surface area contributed by atoms with Crippen LogP contribution in [0.2, 0.25) is 5.02 Å². The summed E-state index contributed by atoms with van der Waals surface area (Å²) in [6.45, 7) is 0. The first kappa shape index (κ1) is 13.6. The summed E-state index contributed by atoms with van der Waals surface area (Å²) in [5.41, 5.74) is 3.61. The SMILES string of the molecule is CNC(=S)NN=Cc1ccc(-c2ccc(Cl)cc2)o1. The Morgan fingerprint density at radius 1 is 1.26 bits per heavy atom. The van der Waals surface area contributed by atoms with Crippen molar-refractivity contribution in [1.82, 2.24) is 10.7 Å². The molecule has 0 bridgehead atoms. The number of furan rings is 1. The molecule has 0 aliphatic heterocycles. The average molecular weight is 294 g/mol. The van der Waals surface area contributed by atoms with Crippen molar-refractivity contribution in [2.45, 2.75) is 0 Å². The van der Waals surface area contributed by atoms with Crippen molar-refractivity contribution < 1.29 is 4.42 Å². The minimum absolute atomic E-state index is 0.445. The number of benzene rings is 1. The number of halogens is 1. The van der Waals surface area contributed by atoms with Crippen molar-refractivity contribution in [1.29, 1.82) is 0 Å². The van der Waals surface area contributed by atoms with E-state index in [1.54, 1.807) is 13.3 Å². The third-order valence-electron chi connectivity index (χ3n) is 2.34. The van der Waals surface area contributed by atoms with Crippen molar-refractivity contribution in [3.63, 3.8) is 0 Å². The molecule has 0 saturated carbocycles. The lowest BCUT2D eigenvalue weighted by Gasteiger charge is -1.98. The van der Waals surface area contributed by atoms with E-state index in [-0.39, 0.29) is 0 Å². The lowest BCUT2D eigenvalue weighted by atomic mass is 10.2. The topological polar surface area (TPSA) is 49.6 Å². The van der Waals surface area contributed by atoms with E-state index in [9.17, 15) is 0 Å². The van der Waals surface area contributed by atoms with Gasteiger partial charge in [0.1, 0.15) is 11.5 Å². The Balaban J connectivity index is 2.06. The number of nitrogens with one attached hydrogen (secondary N) is 2. The first-order chi connectivity index (χ1) is 9.19. The molecule has 0 saturated heterocycles. The lowest BCUT2D eigenvalue weighted by molar-refractivity contribution is 0.574. The molecular weight excluding hydrogens is 282 g/mol. The normalized spacial score (nSPS) is 10.6. The van der Waals surface area contributed by atoms with E-state index in [1.165, 1.54) is 0 Å². The summed E-state index contributed by atoms with van der Waals surface area (Å²) < 4.78 is 5.63. The molecule has 2 N–H and O–H groups in total. The van der Waals surface area contributed by atoms with Crippen LogP contribution in [0.4, 0.5) is 0 Å². The minimum Gasteiger partial charge on any atom is -0.455 e. The highest BCUT2D eigenvalue weighted by atomic mass is 35.5. The Kier molecular flexibility index (Phi) is 4.54. The molecule has 4 nitrogen and oxygen atoms in total. The van der Waals surface area contributed by atoms with Crippen LogP contribution in [0.25, 0.3) is 11.3 Å². The molecule has 0 amide bonds. The smallest absolute Gasteiger partial charge is 0.186 e. The summed E-state index contributed by atoms with van der Waals surface area (Å²) in [5.74, 6) is 1.39. The van der Waals surface area contributed by atoms with E-state index in [0.29, 0.717) is 15.9 Å². The van der Waals surface area contributed by atoms with E-state index < -0.39 is 0 Å². The predicted octanol–water partition coefficient (Wildman–Crippen LogP) is 3.03. The van der Waals surface area contributed by atoms with Crippen molar-refractivity contribution in [2.24, 2.45) is 5.10 Å². The van der Waals surface area contributed by atoms with Gasteiger partial charge in [0.25, 0.3) is 0 Å². The van der Waals surface area contributed by atoms with Crippen LogP contribution in [-0.4, -0.2) is 18.4 Å². The van der Waals surface area contributed by atoms with Crippen molar-refractivity contribution in [3.8, 4) is 11.3 Å². The summed E-state index contributed by atoms with van der Waals surface area (Å²) in [6.07, 6.45) is 1.56. The van der Waals surface area contributed by atoms with E-state index in [4.69, 9.17) is 28.2 Å². The molecule has 0 aliphatic carbocycles. The van der Waals surface area contributed by atoms with E-state index in [0.717, 1.165) is 11.3 Å². The van der Waals surface area contributed by atoms with Crippen LogP contribution in [0.5, 0.6) is 0 Å². The van der Waals surface area contributed by atoms with Crippen LogP contribution in [0.3, 0.4) is 0 Å².